The monoisotopic (exact) mass is 364 g/mol. The van der Waals surface area contributed by atoms with Gasteiger partial charge in [0.2, 0.25) is 0 Å². The molecule has 0 spiro atoms. The Morgan fingerprint density at radius 3 is 2.67 bits per heavy atom. The lowest BCUT2D eigenvalue weighted by atomic mass is 10.2. The molecule has 0 unspecified atom stereocenters. The Bertz CT molecular complexity index is 424. The Labute approximate surface area is 120 Å². The van der Waals surface area contributed by atoms with Crippen LogP contribution in [-0.2, 0) is 0 Å². The van der Waals surface area contributed by atoms with Crippen molar-refractivity contribution in [2.24, 2.45) is 0 Å². The van der Waals surface area contributed by atoms with Gasteiger partial charge in [0.15, 0.2) is 0 Å². The Morgan fingerprint density at radius 2 is 2.17 bits per heavy atom. The van der Waals surface area contributed by atoms with Gasteiger partial charge in [0.1, 0.15) is 5.69 Å². The third-order valence-electron chi connectivity index (χ3n) is 2.62. The van der Waals surface area contributed by atoms with Gasteiger partial charge in [-0.2, -0.15) is 0 Å². The van der Waals surface area contributed by atoms with Gasteiger partial charge in [0.05, 0.1) is 4.92 Å². The van der Waals surface area contributed by atoms with Crippen molar-refractivity contribution in [2.75, 3.05) is 18.1 Å². The van der Waals surface area contributed by atoms with Crippen molar-refractivity contribution in [3.8, 4) is 0 Å². The van der Waals surface area contributed by atoms with E-state index in [0.29, 0.717) is 18.7 Å². The molecule has 0 aliphatic heterocycles. The van der Waals surface area contributed by atoms with Gasteiger partial charge >= 0.3 is 0 Å². The summed E-state index contributed by atoms with van der Waals surface area (Å²) in [6, 6.07) is 5.36. The fraction of sp³-hybridized carbons (Fsp3) is 0.500. The van der Waals surface area contributed by atoms with E-state index in [2.05, 4.69) is 22.6 Å². The first-order valence-electron chi connectivity index (χ1n) is 5.78. The maximum atomic E-state index is 11.1. The molecule has 0 radical (unpaired) electrons. The van der Waals surface area contributed by atoms with E-state index < -0.39 is 0 Å². The molecule has 0 aliphatic carbocycles. The number of nitro benzene ring substituents is 1. The van der Waals surface area contributed by atoms with Crippen molar-refractivity contribution < 1.29 is 10.0 Å². The molecule has 0 atom stereocenters. The highest BCUT2D eigenvalue weighted by molar-refractivity contribution is 14.1. The zero-order valence-electron chi connectivity index (χ0n) is 10.5. The summed E-state index contributed by atoms with van der Waals surface area (Å²) in [5.41, 5.74) is 0.734. The third-order valence-corrected chi connectivity index (χ3v) is 3.30. The summed E-state index contributed by atoms with van der Waals surface area (Å²) in [4.78, 5) is 12.7. The van der Waals surface area contributed by atoms with Crippen molar-refractivity contribution >= 4 is 34.0 Å². The molecule has 6 heteroatoms. The fourth-order valence-electron chi connectivity index (χ4n) is 1.78. The van der Waals surface area contributed by atoms with Crippen molar-refractivity contribution in [3.63, 3.8) is 0 Å². The highest BCUT2D eigenvalue weighted by Gasteiger charge is 2.21. The first-order chi connectivity index (χ1) is 8.47. The predicted octanol–water partition coefficient (Wildman–Crippen LogP) is 2.80. The van der Waals surface area contributed by atoms with E-state index in [9.17, 15) is 10.1 Å². The Balaban J connectivity index is 3.14. The largest absolute Gasteiger partial charge is 0.396 e. The minimum absolute atomic E-state index is 0.0847. The molecule has 1 aromatic carbocycles. The highest BCUT2D eigenvalue weighted by atomic mass is 127. The number of hydrogen-bond acceptors (Lipinski definition) is 4. The van der Waals surface area contributed by atoms with Gasteiger partial charge in [-0.3, -0.25) is 10.1 Å². The van der Waals surface area contributed by atoms with Crippen LogP contribution in [0.4, 0.5) is 11.4 Å². The second-order valence-corrected chi connectivity index (χ2v) is 5.50. The normalized spacial score (nSPS) is 10.7. The quantitative estimate of drug-likeness (QED) is 0.479. The van der Waals surface area contributed by atoms with E-state index in [1.54, 1.807) is 12.1 Å². The maximum Gasteiger partial charge on any atom is 0.293 e. The number of aliphatic hydroxyl groups is 1. The molecule has 0 aromatic heterocycles. The molecule has 1 aromatic rings. The van der Waals surface area contributed by atoms with Crippen LogP contribution >= 0.6 is 22.6 Å². The fourth-order valence-corrected chi connectivity index (χ4v) is 2.26. The molecule has 1 rings (SSSR count). The average molecular weight is 364 g/mol. The molecule has 0 bridgehead atoms. The van der Waals surface area contributed by atoms with E-state index in [1.807, 2.05) is 24.8 Å². The minimum Gasteiger partial charge on any atom is -0.396 e. The van der Waals surface area contributed by atoms with E-state index in [1.165, 1.54) is 0 Å². The molecule has 0 aliphatic rings. The van der Waals surface area contributed by atoms with Crippen LogP contribution in [0.15, 0.2) is 18.2 Å². The van der Waals surface area contributed by atoms with Crippen LogP contribution in [-0.4, -0.2) is 29.2 Å². The maximum absolute atomic E-state index is 11.1. The molecular formula is C12H17IN2O3. The molecule has 100 valence electrons. The smallest absolute Gasteiger partial charge is 0.293 e. The lowest BCUT2D eigenvalue weighted by molar-refractivity contribution is -0.384. The molecule has 5 nitrogen and oxygen atoms in total. The lowest BCUT2D eigenvalue weighted by Gasteiger charge is -2.28. The van der Waals surface area contributed by atoms with Gasteiger partial charge in [-0.1, -0.05) is 0 Å². The Hall–Kier alpha value is -0.890. The van der Waals surface area contributed by atoms with Crippen molar-refractivity contribution in [1.82, 2.24) is 0 Å². The number of aliphatic hydroxyl groups excluding tert-OH is 1. The average Bonchev–Trinajstić information content (AvgIpc) is 2.30. The molecular weight excluding hydrogens is 347 g/mol. The van der Waals surface area contributed by atoms with Gasteiger partial charge in [-0.05, 0) is 55.0 Å². The zero-order valence-corrected chi connectivity index (χ0v) is 12.6. The van der Waals surface area contributed by atoms with Crippen molar-refractivity contribution in [3.05, 3.63) is 31.9 Å². The number of anilines is 1. The van der Waals surface area contributed by atoms with Crippen LogP contribution in [0.3, 0.4) is 0 Å². The summed E-state index contributed by atoms with van der Waals surface area (Å²) < 4.78 is 0.842. The summed E-state index contributed by atoms with van der Waals surface area (Å²) >= 11 is 2.06. The summed E-state index contributed by atoms with van der Waals surface area (Å²) in [5.74, 6) is 0. The molecule has 0 heterocycles. The summed E-state index contributed by atoms with van der Waals surface area (Å²) in [6.07, 6.45) is 0.599. The molecule has 0 saturated carbocycles. The number of hydrogen-bond donors (Lipinski definition) is 1. The SMILES string of the molecule is CC(C)N(CCCO)c1ccc(I)cc1[N+](=O)[O-]. The summed E-state index contributed by atoms with van der Waals surface area (Å²) in [5, 5.41) is 20.0. The Morgan fingerprint density at radius 1 is 1.50 bits per heavy atom. The van der Waals surface area contributed by atoms with Gasteiger partial charge in [-0.25, -0.2) is 0 Å². The molecule has 1 N–H and O–H groups in total. The van der Waals surface area contributed by atoms with Crippen molar-refractivity contribution in [2.45, 2.75) is 26.3 Å². The van der Waals surface area contributed by atoms with Gasteiger partial charge in [0, 0.05) is 28.8 Å². The van der Waals surface area contributed by atoms with E-state index in [-0.39, 0.29) is 23.3 Å². The van der Waals surface area contributed by atoms with Crippen LogP contribution < -0.4 is 4.90 Å². The second-order valence-electron chi connectivity index (χ2n) is 4.25. The van der Waals surface area contributed by atoms with Gasteiger partial charge in [-0.15, -0.1) is 0 Å². The molecule has 0 saturated heterocycles. The first kappa shape index (κ1) is 15.2. The minimum atomic E-state index is -0.355. The van der Waals surface area contributed by atoms with Crippen LogP contribution in [0.25, 0.3) is 0 Å². The highest BCUT2D eigenvalue weighted by Crippen LogP contribution is 2.31. The van der Waals surface area contributed by atoms with E-state index in [4.69, 9.17) is 5.11 Å². The molecule has 0 amide bonds. The molecule has 18 heavy (non-hydrogen) atoms. The topological polar surface area (TPSA) is 66.6 Å². The number of halogens is 1. The summed E-state index contributed by atoms with van der Waals surface area (Å²) in [7, 11) is 0. The van der Waals surface area contributed by atoms with Crippen LogP contribution in [0.1, 0.15) is 20.3 Å². The first-order valence-corrected chi connectivity index (χ1v) is 6.86. The lowest BCUT2D eigenvalue weighted by Crippen LogP contribution is -2.32. The van der Waals surface area contributed by atoms with Crippen LogP contribution in [0.2, 0.25) is 0 Å². The van der Waals surface area contributed by atoms with E-state index in [0.717, 1.165) is 3.57 Å². The number of rotatable bonds is 6. The summed E-state index contributed by atoms with van der Waals surface area (Å²) in [6.45, 7) is 4.66. The number of nitro groups is 1. The number of benzene rings is 1. The predicted molar refractivity (Wildman–Crippen MR) is 80.0 cm³/mol. The zero-order chi connectivity index (χ0) is 13.7. The van der Waals surface area contributed by atoms with E-state index >= 15 is 0 Å². The van der Waals surface area contributed by atoms with Crippen LogP contribution in [0.5, 0.6) is 0 Å². The third kappa shape index (κ3) is 3.81. The van der Waals surface area contributed by atoms with Gasteiger partial charge in [0.25, 0.3) is 5.69 Å². The second kappa shape index (κ2) is 6.89. The standard InChI is InChI=1S/C12H17IN2O3/c1-9(2)14(6-3-7-16)11-5-4-10(13)8-12(11)15(17)18/h4-5,8-9,16H,3,6-7H2,1-2H3. The Kier molecular flexibility index (Phi) is 5.80. The number of nitrogens with zero attached hydrogens (tertiary/aromatic N) is 2. The van der Waals surface area contributed by atoms with Gasteiger partial charge < -0.3 is 10.0 Å². The van der Waals surface area contributed by atoms with Crippen LogP contribution in [0, 0.1) is 13.7 Å². The van der Waals surface area contributed by atoms with Crippen molar-refractivity contribution in [1.29, 1.82) is 0 Å². The molecule has 0 fully saturated rings.